The molecule has 0 aliphatic carbocycles. The van der Waals surface area contributed by atoms with Gasteiger partial charge in [-0.2, -0.15) is 0 Å². The molecule has 1 amide bonds. The van der Waals surface area contributed by atoms with E-state index >= 15 is 0 Å². The maximum atomic E-state index is 12.0. The second-order valence-electron chi connectivity index (χ2n) is 7.81. The Bertz CT molecular complexity index is 399. The van der Waals surface area contributed by atoms with E-state index < -0.39 is 17.0 Å². The van der Waals surface area contributed by atoms with E-state index in [9.17, 15) is 9.35 Å². The van der Waals surface area contributed by atoms with Gasteiger partial charge in [-0.25, -0.2) is 4.79 Å². The van der Waals surface area contributed by atoms with Crippen LogP contribution in [0.3, 0.4) is 0 Å². The Kier molecular flexibility index (Phi) is 6.74. The Morgan fingerprint density at radius 3 is 2.55 bits per heavy atom. The number of rotatable bonds is 4. The van der Waals surface area contributed by atoms with Gasteiger partial charge in [0.25, 0.3) is 0 Å². The first-order chi connectivity index (χ1) is 9.99. The maximum Gasteiger partial charge on any atom is 0.410 e. The summed E-state index contributed by atoms with van der Waals surface area (Å²) in [6.45, 7) is 12.9. The van der Waals surface area contributed by atoms with Gasteiger partial charge >= 0.3 is 6.09 Å². The van der Waals surface area contributed by atoms with Gasteiger partial charge in [-0.05, 0) is 66.7 Å². The fourth-order valence-corrected chi connectivity index (χ4v) is 2.71. The summed E-state index contributed by atoms with van der Waals surface area (Å²) in [7, 11) is 0. The zero-order valence-electron chi connectivity index (χ0n) is 14.7. The molecule has 1 aliphatic rings. The fourth-order valence-electron chi connectivity index (χ4n) is 2.15. The fraction of sp³-hybridized carbons (Fsp3) is 0.875. The molecular weight excluding hydrogens is 300 g/mol. The summed E-state index contributed by atoms with van der Waals surface area (Å²) in [6.07, 6.45) is 4.30. The van der Waals surface area contributed by atoms with Gasteiger partial charge in [0.15, 0.2) is 0 Å². The summed E-state index contributed by atoms with van der Waals surface area (Å²) in [5.41, 5.74) is -0.446. The minimum atomic E-state index is -1.18. The van der Waals surface area contributed by atoms with E-state index in [1.165, 1.54) is 0 Å². The molecule has 128 valence electrons. The third kappa shape index (κ3) is 7.01. The Balaban J connectivity index is 2.30. The molecule has 1 rings (SSSR count). The quantitative estimate of drug-likeness (QED) is 0.585. The predicted molar refractivity (Wildman–Crippen MR) is 91.5 cm³/mol. The van der Waals surface area contributed by atoms with Gasteiger partial charge < -0.3 is 14.2 Å². The molecular formula is C16H30N2O3S. The van der Waals surface area contributed by atoms with Gasteiger partial charge in [-0.3, -0.25) is 0 Å². The van der Waals surface area contributed by atoms with Crippen LogP contribution < -0.4 is 0 Å². The molecule has 0 aromatic carbocycles. The van der Waals surface area contributed by atoms with E-state index in [4.69, 9.17) is 4.74 Å². The minimum Gasteiger partial charge on any atom is -0.591 e. The van der Waals surface area contributed by atoms with Crippen molar-refractivity contribution in [1.82, 2.24) is 4.90 Å². The molecule has 1 unspecified atom stereocenters. The first-order valence-corrected chi connectivity index (χ1v) is 9.02. The van der Waals surface area contributed by atoms with E-state index in [0.717, 1.165) is 32.4 Å². The lowest BCUT2D eigenvalue weighted by Crippen LogP contribution is -2.35. The zero-order valence-corrected chi connectivity index (χ0v) is 15.5. The largest absolute Gasteiger partial charge is 0.591 e. The van der Waals surface area contributed by atoms with Crippen LogP contribution in [0.4, 0.5) is 4.79 Å². The summed E-state index contributed by atoms with van der Waals surface area (Å²) in [5, 5.41) is 0. The summed E-state index contributed by atoms with van der Waals surface area (Å²) in [5.74, 6) is 0.474. The number of amides is 1. The molecule has 0 radical (unpaired) electrons. The van der Waals surface area contributed by atoms with Crippen molar-refractivity contribution >= 4 is 23.7 Å². The average molecular weight is 330 g/mol. The molecule has 1 fully saturated rings. The van der Waals surface area contributed by atoms with E-state index in [2.05, 4.69) is 4.40 Å². The van der Waals surface area contributed by atoms with Crippen molar-refractivity contribution in [2.45, 2.75) is 71.2 Å². The zero-order chi connectivity index (χ0) is 17.0. The summed E-state index contributed by atoms with van der Waals surface area (Å²) < 4.78 is 21.0. The predicted octanol–water partition coefficient (Wildman–Crippen LogP) is 3.56. The van der Waals surface area contributed by atoms with Crippen LogP contribution in [0.2, 0.25) is 0 Å². The van der Waals surface area contributed by atoms with Gasteiger partial charge in [0, 0.05) is 13.1 Å². The van der Waals surface area contributed by atoms with E-state index in [1.807, 2.05) is 41.5 Å². The molecule has 6 heteroatoms. The van der Waals surface area contributed by atoms with E-state index in [0.29, 0.717) is 5.92 Å². The highest BCUT2D eigenvalue weighted by Crippen LogP contribution is 2.23. The van der Waals surface area contributed by atoms with Crippen LogP contribution in [0, 0.1) is 5.92 Å². The molecule has 0 N–H and O–H groups in total. The number of carbonyl (C=O) groups excluding carboxylic acids is 1. The average Bonchev–Trinajstić information content (AvgIpc) is 2.79. The third-order valence-electron chi connectivity index (χ3n) is 3.34. The number of carbonyl (C=O) groups is 1. The van der Waals surface area contributed by atoms with Crippen molar-refractivity contribution in [1.29, 1.82) is 0 Å². The molecule has 1 heterocycles. The van der Waals surface area contributed by atoms with Gasteiger partial charge in [0.05, 0.1) is 6.21 Å². The van der Waals surface area contributed by atoms with Gasteiger partial charge in [0.1, 0.15) is 21.7 Å². The maximum absolute atomic E-state index is 12.0. The van der Waals surface area contributed by atoms with Crippen molar-refractivity contribution < 1.29 is 14.1 Å². The van der Waals surface area contributed by atoms with Crippen LogP contribution in [-0.4, -0.2) is 45.2 Å². The van der Waals surface area contributed by atoms with Crippen LogP contribution >= 0.6 is 0 Å². The highest BCUT2D eigenvalue weighted by molar-refractivity contribution is 7.91. The number of nitrogens with zero attached hydrogens (tertiary/aromatic N) is 2. The van der Waals surface area contributed by atoms with Crippen molar-refractivity contribution in [2.24, 2.45) is 10.3 Å². The Labute approximate surface area is 137 Å². The smallest absolute Gasteiger partial charge is 0.410 e. The number of hydrogen-bond acceptors (Lipinski definition) is 4. The number of hydrogen-bond donors (Lipinski definition) is 0. The van der Waals surface area contributed by atoms with Gasteiger partial charge in [-0.1, -0.05) is 4.40 Å². The first-order valence-electron chi connectivity index (χ1n) is 7.91. The molecule has 0 bridgehead atoms. The number of ether oxygens (including phenoxy) is 1. The van der Waals surface area contributed by atoms with E-state index in [1.54, 1.807) is 11.1 Å². The summed E-state index contributed by atoms with van der Waals surface area (Å²) in [4.78, 5) is 13.8. The highest BCUT2D eigenvalue weighted by Gasteiger charge is 2.29. The van der Waals surface area contributed by atoms with Crippen LogP contribution in [0.25, 0.3) is 0 Å². The second kappa shape index (κ2) is 7.68. The second-order valence-corrected chi connectivity index (χ2v) is 9.74. The molecule has 22 heavy (non-hydrogen) atoms. The van der Waals surface area contributed by atoms with Crippen LogP contribution in [-0.2, 0) is 16.1 Å². The van der Waals surface area contributed by atoms with Crippen LogP contribution in [0.1, 0.15) is 60.8 Å². The Morgan fingerprint density at radius 2 is 2.00 bits per heavy atom. The molecule has 0 aromatic rings. The highest BCUT2D eigenvalue weighted by atomic mass is 32.2. The van der Waals surface area contributed by atoms with E-state index in [-0.39, 0.29) is 10.8 Å². The van der Waals surface area contributed by atoms with Crippen molar-refractivity contribution in [2.75, 3.05) is 13.1 Å². The van der Waals surface area contributed by atoms with Crippen LogP contribution in [0.15, 0.2) is 4.40 Å². The molecule has 2 atom stereocenters. The van der Waals surface area contributed by atoms with Crippen LogP contribution in [0.5, 0.6) is 0 Å². The molecule has 0 spiro atoms. The Morgan fingerprint density at radius 1 is 1.36 bits per heavy atom. The van der Waals surface area contributed by atoms with Gasteiger partial charge in [0.2, 0.25) is 0 Å². The standard InChI is InChI=1S/C16H30N2O3S/c1-15(2,3)21-14(19)18-11-9-13(12-18)8-7-10-17-22(20)16(4,5)6/h10,13H,7-9,11-12H2,1-6H3/b17-10+/t13-,22?/m0/s1. The van der Waals surface area contributed by atoms with Crippen molar-refractivity contribution in [3.63, 3.8) is 0 Å². The topological polar surface area (TPSA) is 65.0 Å². The lowest BCUT2D eigenvalue weighted by atomic mass is 10.0. The van der Waals surface area contributed by atoms with Crippen molar-refractivity contribution in [3.05, 3.63) is 0 Å². The number of likely N-dealkylation sites (tertiary alicyclic amines) is 1. The normalized spacial score (nSPS) is 21.4. The lowest BCUT2D eigenvalue weighted by molar-refractivity contribution is 0.0288. The molecule has 1 aliphatic heterocycles. The molecule has 5 nitrogen and oxygen atoms in total. The minimum absolute atomic E-state index is 0.225. The third-order valence-corrected chi connectivity index (χ3v) is 4.72. The lowest BCUT2D eigenvalue weighted by Gasteiger charge is -2.24. The first kappa shape index (κ1) is 19.3. The Hall–Kier alpha value is -0.750. The molecule has 0 aromatic heterocycles. The molecule has 1 saturated heterocycles. The SMILES string of the molecule is CC(C)(C)OC(=O)N1CC[C@H](CC/C=N/[S+]([O-])C(C)(C)C)C1. The van der Waals surface area contributed by atoms with Gasteiger partial charge in [-0.15, -0.1) is 0 Å². The summed E-state index contributed by atoms with van der Waals surface area (Å²) >= 11 is -1.18. The van der Waals surface area contributed by atoms with Crippen molar-refractivity contribution in [3.8, 4) is 0 Å². The molecule has 0 saturated carbocycles. The summed E-state index contributed by atoms with van der Waals surface area (Å²) in [6, 6.07) is 0. The monoisotopic (exact) mass is 330 g/mol.